The van der Waals surface area contributed by atoms with Crippen LogP contribution >= 0.6 is 0 Å². The van der Waals surface area contributed by atoms with Gasteiger partial charge >= 0.3 is 0 Å². The van der Waals surface area contributed by atoms with Crippen LogP contribution in [0.1, 0.15) is 77.3 Å². The van der Waals surface area contributed by atoms with E-state index in [0.717, 1.165) is 57.2 Å². The predicted octanol–water partition coefficient (Wildman–Crippen LogP) is 4.99. The molecule has 0 saturated carbocycles. The molecular weight excluding hydrogens is 530 g/mol. The number of carbonyl (C=O) groups is 2. The van der Waals surface area contributed by atoms with Crippen molar-refractivity contribution < 1.29 is 19.1 Å². The molecule has 3 aliphatic heterocycles. The molecule has 4 heterocycles. The number of benzene rings is 2. The molecule has 0 unspecified atom stereocenters. The maximum absolute atomic E-state index is 13.6. The molecule has 6 rings (SSSR count). The molecule has 2 amide bonds. The standard InChI is InChI=1S/C33H41N5O4/c1-24-11-13-26(14-12-24)38-25(2)34-30(35-38)32(40)36-19-16-33(17-20-36)15-5-6-21-41-22-27-8-7-18-37(27)31(39)28-9-3-4-10-29(28)42-23-33/h3-4,9-14,27H,5-8,15-23H2,1-2H3/t27-/m0/s1. The van der Waals surface area contributed by atoms with Crippen LogP contribution in [-0.4, -0.2) is 81.9 Å². The summed E-state index contributed by atoms with van der Waals surface area (Å²) in [5.41, 5.74) is 2.59. The molecule has 1 spiro atoms. The van der Waals surface area contributed by atoms with Gasteiger partial charge in [0.15, 0.2) is 0 Å². The van der Waals surface area contributed by atoms with Crippen LogP contribution in [-0.2, 0) is 4.74 Å². The summed E-state index contributed by atoms with van der Waals surface area (Å²) in [6, 6.07) is 15.8. The average molecular weight is 572 g/mol. The minimum absolute atomic E-state index is 0.0242. The fraction of sp³-hybridized carbons (Fsp3) is 0.515. The van der Waals surface area contributed by atoms with E-state index >= 15 is 0 Å². The Labute approximate surface area is 247 Å². The van der Waals surface area contributed by atoms with Crippen molar-refractivity contribution in [1.29, 1.82) is 0 Å². The quantitative estimate of drug-likeness (QED) is 0.431. The summed E-state index contributed by atoms with van der Waals surface area (Å²) in [7, 11) is 0. The number of aryl methyl sites for hydroxylation is 2. The minimum atomic E-state index is -0.134. The van der Waals surface area contributed by atoms with Crippen molar-refractivity contribution in [2.45, 2.75) is 64.8 Å². The second kappa shape index (κ2) is 12.3. The Morgan fingerprint density at radius 2 is 1.74 bits per heavy atom. The zero-order valence-corrected chi connectivity index (χ0v) is 24.8. The summed E-state index contributed by atoms with van der Waals surface area (Å²) in [6.45, 7) is 7.71. The van der Waals surface area contributed by atoms with Gasteiger partial charge in [-0.25, -0.2) is 9.67 Å². The van der Waals surface area contributed by atoms with E-state index in [1.165, 1.54) is 5.56 Å². The average Bonchev–Trinajstić information content (AvgIpc) is 3.64. The van der Waals surface area contributed by atoms with E-state index in [2.05, 4.69) is 10.1 Å². The Balaban J connectivity index is 1.16. The molecule has 222 valence electrons. The number of para-hydroxylation sites is 1. The van der Waals surface area contributed by atoms with Gasteiger partial charge in [-0.1, -0.05) is 36.2 Å². The van der Waals surface area contributed by atoms with Gasteiger partial charge in [0.25, 0.3) is 11.8 Å². The van der Waals surface area contributed by atoms with Gasteiger partial charge in [-0.2, -0.15) is 0 Å². The fourth-order valence-electron chi connectivity index (χ4n) is 6.56. The van der Waals surface area contributed by atoms with Crippen molar-refractivity contribution in [3.63, 3.8) is 0 Å². The number of fused-ring (bicyclic) bond motifs is 2. The maximum Gasteiger partial charge on any atom is 0.293 e. The van der Waals surface area contributed by atoms with Gasteiger partial charge in [-0.15, -0.1) is 5.10 Å². The summed E-state index contributed by atoms with van der Waals surface area (Å²) in [6.07, 6.45) is 6.62. The number of amides is 2. The lowest BCUT2D eigenvalue weighted by atomic mass is 9.75. The molecule has 2 fully saturated rings. The molecule has 3 aromatic rings. The van der Waals surface area contributed by atoms with E-state index in [1.807, 2.05) is 72.2 Å². The van der Waals surface area contributed by atoms with Gasteiger partial charge < -0.3 is 19.3 Å². The highest BCUT2D eigenvalue weighted by Gasteiger charge is 2.38. The first kappa shape index (κ1) is 28.4. The predicted molar refractivity (Wildman–Crippen MR) is 159 cm³/mol. The van der Waals surface area contributed by atoms with Crippen LogP contribution in [0, 0.1) is 19.3 Å². The van der Waals surface area contributed by atoms with Crippen LogP contribution < -0.4 is 4.74 Å². The van der Waals surface area contributed by atoms with Crippen LogP contribution in [0.15, 0.2) is 48.5 Å². The Kier molecular flexibility index (Phi) is 8.29. The second-order valence-electron chi connectivity index (χ2n) is 12.1. The first-order chi connectivity index (χ1) is 20.4. The van der Waals surface area contributed by atoms with Crippen molar-refractivity contribution >= 4 is 11.8 Å². The van der Waals surface area contributed by atoms with Crippen LogP contribution in [0.4, 0.5) is 0 Å². The molecule has 0 N–H and O–H groups in total. The molecule has 42 heavy (non-hydrogen) atoms. The molecule has 1 atom stereocenters. The zero-order valence-electron chi connectivity index (χ0n) is 24.8. The number of ether oxygens (including phenoxy) is 2. The van der Waals surface area contributed by atoms with E-state index < -0.39 is 0 Å². The first-order valence-corrected chi connectivity index (χ1v) is 15.3. The smallest absolute Gasteiger partial charge is 0.293 e. The third-order valence-electron chi connectivity index (χ3n) is 9.20. The third-order valence-corrected chi connectivity index (χ3v) is 9.20. The highest BCUT2D eigenvalue weighted by molar-refractivity contribution is 5.97. The number of nitrogens with zero attached hydrogens (tertiary/aromatic N) is 5. The Hall–Kier alpha value is -3.72. The monoisotopic (exact) mass is 571 g/mol. The maximum atomic E-state index is 13.6. The summed E-state index contributed by atoms with van der Waals surface area (Å²) >= 11 is 0. The van der Waals surface area contributed by atoms with Gasteiger partial charge in [0.05, 0.1) is 30.5 Å². The fourth-order valence-corrected chi connectivity index (χ4v) is 6.56. The second-order valence-corrected chi connectivity index (χ2v) is 12.1. The molecule has 9 nitrogen and oxygen atoms in total. The Morgan fingerprint density at radius 3 is 2.55 bits per heavy atom. The van der Waals surface area contributed by atoms with Crippen molar-refractivity contribution in [2.75, 3.05) is 39.5 Å². The highest BCUT2D eigenvalue weighted by atomic mass is 16.5. The highest BCUT2D eigenvalue weighted by Crippen LogP contribution is 2.38. The molecule has 0 bridgehead atoms. The number of piperidine rings is 1. The Bertz CT molecular complexity index is 1410. The number of hydrogen-bond donors (Lipinski definition) is 0. The van der Waals surface area contributed by atoms with Gasteiger partial charge in [-0.3, -0.25) is 9.59 Å². The van der Waals surface area contributed by atoms with E-state index in [1.54, 1.807) is 4.68 Å². The molecule has 9 heteroatoms. The normalized spacial score (nSPS) is 21.4. The third kappa shape index (κ3) is 5.93. The van der Waals surface area contributed by atoms with Crippen LogP contribution in [0.25, 0.3) is 5.69 Å². The lowest BCUT2D eigenvalue weighted by Gasteiger charge is -2.41. The number of rotatable bonds is 2. The van der Waals surface area contributed by atoms with Crippen LogP contribution in [0.3, 0.4) is 0 Å². The van der Waals surface area contributed by atoms with Crippen LogP contribution in [0.5, 0.6) is 5.75 Å². The van der Waals surface area contributed by atoms with Gasteiger partial charge in [0.2, 0.25) is 5.82 Å². The van der Waals surface area contributed by atoms with E-state index in [4.69, 9.17) is 9.47 Å². The largest absolute Gasteiger partial charge is 0.492 e. The molecule has 2 aromatic carbocycles. The van der Waals surface area contributed by atoms with E-state index in [-0.39, 0.29) is 29.1 Å². The van der Waals surface area contributed by atoms with Crippen molar-refractivity contribution in [2.24, 2.45) is 5.41 Å². The van der Waals surface area contributed by atoms with Gasteiger partial charge in [0.1, 0.15) is 11.6 Å². The first-order valence-electron chi connectivity index (χ1n) is 15.3. The van der Waals surface area contributed by atoms with E-state index in [9.17, 15) is 9.59 Å². The molecule has 0 aliphatic carbocycles. The van der Waals surface area contributed by atoms with Crippen molar-refractivity contribution in [1.82, 2.24) is 24.6 Å². The lowest BCUT2D eigenvalue weighted by Crippen LogP contribution is -2.46. The topological polar surface area (TPSA) is 89.8 Å². The zero-order chi connectivity index (χ0) is 29.1. The summed E-state index contributed by atoms with van der Waals surface area (Å²) < 4.78 is 14.3. The Morgan fingerprint density at radius 1 is 0.952 bits per heavy atom. The molecule has 0 radical (unpaired) electrons. The molecular formula is C33H41N5O4. The van der Waals surface area contributed by atoms with Crippen LogP contribution in [0.2, 0.25) is 0 Å². The number of likely N-dealkylation sites (tertiary alicyclic amines) is 1. The molecule has 3 aliphatic rings. The van der Waals surface area contributed by atoms with Gasteiger partial charge in [-0.05, 0) is 76.6 Å². The minimum Gasteiger partial charge on any atom is -0.492 e. The summed E-state index contributed by atoms with van der Waals surface area (Å²) in [5, 5.41) is 4.57. The molecule has 1 aromatic heterocycles. The summed E-state index contributed by atoms with van der Waals surface area (Å²) in [4.78, 5) is 35.4. The summed E-state index contributed by atoms with van der Waals surface area (Å²) in [5.74, 6) is 1.45. The van der Waals surface area contributed by atoms with Gasteiger partial charge in [0, 0.05) is 31.7 Å². The number of carbonyl (C=O) groups excluding carboxylic acids is 2. The van der Waals surface area contributed by atoms with Crippen molar-refractivity contribution in [3.05, 3.63) is 71.3 Å². The SMILES string of the molecule is Cc1ccc(-n2nc(C(=O)N3CCC4(CCCCOC[C@@H]5CCCN5C(=O)c5ccccc5OC4)CC3)nc2C)cc1. The lowest BCUT2D eigenvalue weighted by molar-refractivity contribution is 0.0298. The van der Waals surface area contributed by atoms with Crippen molar-refractivity contribution in [3.8, 4) is 11.4 Å². The molecule has 2 saturated heterocycles. The number of aromatic nitrogens is 3. The van der Waals surface area contributed by atoms with E-state index in [0.29, 0.717) is 50.0 Å². The number of hydrogen-bond acceptors (Lipinski definition) is 6.